The number of carbonyl (C=O) groups excluding carboxylic acids is 4. The summed E-state index contributed by atoms with van der Waals surface area (Å²) < 4.78 is 68.4. The molecule has 0 spiro atoms. The van der Waals surface area contributed by atoms with E-state index in [0.29, 0.717) is 31.6 Å². The SMILES string of the molecule is CCC(C)CCCCCCCCCCC(=O)OC[C@H](COP(=O)(O)OCC(O)COP(=O)(O)OC[C@@H](COC(=O)CCCCCCCCCC(C)C)OC(=O)CCCCCCCCCCCCCCCCC(C)C)OC(=O)CCCCCCCCCCCC(C)C. The topological polar surface area (TPSA) is 237 Å². The summed E-state index contributed by atoms with van der Waals surface area (Å²) in [6, 6.07) is 0. The summed E-state index contributed by atoms with van der Waals surface area (Å²) in [5.74, 6) is 0.886. The van der Waals surface area contributed by atoms with Gasteiger partial charge in [0.1, 0.15) is 19.3 Å². The van der Waals surface area contributed by atoms with Crippen molar-refractivity contribution in [2.75, 3.05) is 39.6 Å². The summed E-state index contributed by atoms with van der Waals surface area (Å²) in [5.41, 5.74) is 0. The summed E-state index contributed by atoms with van der Waals surface area (Å²) in [6.07, 6.45) is 44.5. The van der Waals surface area contributed by atoms with Gasteiger partial charge >= 0.3 is 39.5 Å². The monoisotopic (exact) mass is 1340 g/mol. The molecule has 0 heterocycles. The minimum Gasteiger partial charge on any atom is -0.462 e. The Hall–Kier alpha value is -1.94. The lowest BCUT2D eigenvalue weighted by atomic mass is 9.99. The molecule has 0 saturated heterocycles. The summed E-state index contributed by atoms with van der Waals surface area (Å²) in [7, 11) is -9.91. The van der Waals surface area contributed by atoms with Gasteiger partial charge in [-0.25, -0.2) is 9.13 Å². The van der Waals surface area contributed by atoms with E-state index < -0.39 is 97.5 Å². The van der Waals surface area contributed by atoms with Crippen LogP contribution in [0.4, 0.5) is 0 Å². The molecule has 540 valence electrons. The molecule has 0 radical (unpaired) electrons. The van der Waals surface area contributed by atoms with Crippen LogP contribution in [0.3, 0.4) is 0 Å². The molecule has 0 aromatic rings. The molecule has 0 aliphatic carbocycles. The molecule has 0 amide bonds. The minimum atomic E-state index is -4.95. The second-order valence-electron chi connectivity index (χ2n) is 27.6. The zero-order valence-corrected chi connectivity index (χ0v) is 61.3. The molecule has 91 heavy (non-hydrogen) atoms. The quantitative estimate of drug-likeness (QED) is 0.0222. The van der Waals surface area contributed by atoms with Crippen molar-refractivity contribution in [1.29, 1.82) is 0 Å². The number of aliphatic hydroxyl groups excluding tert-OH is 1. The first kappa shape index (κ1) is 89.1. The van der Waals surface area contributed by atoms with Crippen molar-refractivity contribution in [3.05, 3.63) is 0 Å². The maximum atomic E-state index is 13.0. The Bertz CT molecular complexity index is 1800. The molecule has 0 bridgehead atoms. The van der Waals surface area contributed by atoms with Crippen molar-refractivity contribution >= 4 is 39.5 Å². The van der Waals surface area contributed by atoms with Gasteiger partial charge < -0.3 is 33.8 Å². The van der Waals surface area contributed by atoms with Crippen molar-refractivity contribution in [3.63, 3.8) is 0 Å². The molecule has 0 saturated carbocycles. The summed E-state index contributed by atoms with van der Waals surface area (Å²) in [5, 5.41) is 10.6. The van der Waals surface area contributed by atoms with Crippen LogP contribution >= 0.6 is 15.6 Å². The summed E-state index contributed by atoms with van der Waals surface area (Å²) in [6.45, 7) is 14.1. The van der Waals surface area contributed by atoms with Crippen LogP contribution in [0.5, 0.6) is 0 Å². The Labute approximate surface area is 556 Å². The highest BCUT2D eigenvalue weighted by molar-refractivity contribution is 7.47. The lowest BCUT2D eigenvalue weighted by Crippen LogP contribution is -2.30. The van der Waals surface area contributed by atoms with Gasteiger partial charge in [-0.15, -0.1) is 0 Å². The van der Waals surface area contributed by atoms with Crippen molar-refractivity contribution in [1.82, 2.24) is 0 Å². The van der Waals surface area contributed by atoms with E-state index in [1.54, 1.807) is 0 Å². The van der Waals surface area contributed by atoms with Crippen molar-refractivity contribution < 1.29 is 80.2 Å². The predicted molar refractivity (Wildman–Crippen MR) is 367 cm³/mol. The van der Waals surface area contributed by atoms with Crippen LogP contribution in [0.2, 0.25) is 0 Å². The first-order valence-electron chi connectivity index (χ1n) is 37.2. The van der Waals surface area contributed by atoms with Crippen molar-refractivity contribution in [3.8, 4) is 0 Å². The van der Waals surface area contributed by atoms with Gasteiger partial charge in [-0.05, 0) is 49.4 Å². The molecule has 0 aliphatic rings. The van der Waals surface area contributed by atoms with Gasteiger partial charge in [-0.2, -0.15) is 0 Å². The molecule has 0 aromatic heterocycles. The highest BCUT2D eigenvalue weighted by Gasteiger charge is 2.30. The normalized spacial score (nSPS) is 14.5. The van der Waals surface area contributed by atoms with Gasteiger partial charge in [0.2, 0.25) is 0 Å². The number of phosphoric acid groups is 2. The Balaban J connectivity index is 5.24. The number of unbranched alkanes of at least 4 members (excludes halogenated alkanes) is 34. The van der Waals surface area contributed by atoms with E-state index in [2.05, 4.69) is 55.4 Å². The minimum absolute atomic E-state index is 0.104. The fraction of sp³-hybridized carbons (Fsp3) is 0.944. The van der Waals surface area contributed by atoms with Crippen LogP contribution in [0.15, 0.2) is 0 Å². The van der Waals surface area contributed by atoms with E-state index in [1.807, 2.05) is 0 Å². The van der Waals surface area contributed by atoms with Gasteiger partial charge in [-0.1, -0.05) is 306 Å². The number of hydrogen-bond acceptors (Lipinski definition) is 15. The maximum Gasteiger partial charge on any atom is 0.472 e. The molecule has 17 nitrogen and oxygen atoms in total. The molecular weight excluding hydrogens is 1200 g/mol. The van der Waals surface area contributed by atoms with Crippen LogP contribution in [-0.4, -0.2) is 96.7 Å². The summed E-state index contributed by atoms with van der Waals surface area (Å²) >= 11 is 0. The van der Waals surface area contributed by atoms with Gasteiger partial charge in [0.15, 0.2) is 12.2 Å². The molecule has 0 rings (SSSR count). The highest BCUT2D eigenvalue weighted by atomic mass is 31.2. The van der Waals surface area contributed by atoms with E-state index in [4.69, 9.17) is 37.0 Å². The maximum absolute atomic E-state index is 13.0. The molecule has 4 unspecified atom stereocenters. The standard InChI is InChI=1S/C72H140O17P2/c1-9-65(8)51-43-35-27-21-22-28-36-44-52-69(74)82-58-67(89-72(77)55-47-39-30-20-16-18-25-33-41-49-63(4)5)60-86-90(78,79)84-56-66(73)57-85-91(80,81)87-61-68(59-83-70(75)53-45-37-31-23-26-34-42-50-64(6)7)88-71(76)54-46-38-29-19-15-13-11-10-12-14-17-24-32-40-48-62(2)3/h62-68,73H,9-61H2,1-8H3,(H,78,79)(H,80,81)/t65?,66?,67-,68-/m1/s1. The lowest BCUT2D eigenvalue weighted by molar-refractivity contribution is -0.161. The third kappa shape index (κ3) is 65.1. The van der Waals surface area contributed by atoms with Crippen LogP contribution in [-0.2, 0) is 65.4 Å². The molecule has 0 aliphatic heterocycles. The third-order valence-electron chi connectivity index (χ3n) is 16.9. The fourth-order valence-electron chi connectivity index (χ4n) is 10.8. The van der Waals surface area contributed by atoms with Gasteiger partial charge in [0.25, 0.3) is 0 Å². The third-order valence-corrected chi connectivity index (χ3v) is 18.8. The van der Waals surface area contributed by atoms with Crippen LogP contribution in [0.1, 0.15) is 357 Å². The second-order valence-corrected chi connectivity index (χ2v) is 30.6. The number of carbonyl (C=O) groups is 4. The number of aliphatic hydroxyl groups is 1. The molecule has 0 aromatic carbocycles. The zero-order valence-electron chi connectivity index (χ0n) is 59.5. The second kappa shape index (κ2) is 61.6. The largest absolute Gasteiger partial charge is 0.472 e. The van der Waals surface area contributed by atoms with E-state index in [0.717, 1.165) is 114 Å². The Kier molecular flexibility index (Phi) is 60.3. The zero-order chi connectivity index (χ0) is 67.5. The van der Waals surface area contributed by atoms with E-state index >= 15 is 0 Å². The first-order chi connectivity index (χ1) is 43.6. The number of ether oxygens (including phenoxy) is 4. The highest BCUT2D eigenvalue weighted by Crippen LogP contribution is 2.45. The van der Waals surface area contributed by atoms with Crippen molar-refractivity contribution in [2.45, 2.75) is 375 Å². The lowest BCUT2D eigenvalue weighted by Gasteiger charge is -2.21. The van der Waals surface area contributed by atoms with Gasteiger partial charge in [-0.3, -0.25) is 37.3 Å². The van der Waals surface area contributed by atoms with Crippen LogP contribution in [0, 0.1) is 23.7 Å². The van der Waals surface area contributed by atoms with Crippen LogP contribution < -0.4 is 0 Å². The first-order valence-corrected chi connectivity index (χ1v) is 40.2. The smallest absolute Gasteiger partial charge is 0.462 e. The Morgan fingerprint density at radius 3 is 0.780 bits per heavy atom. The summed E-state index contributed by atoms with van der Waals surface area (Å²) in [4.78, 5) is 72.6. The molecule has 19 heteroatoms. The Morgan fingerprint density at radius 2 is 0.527 bits per heavy atom. The van der Waals surface area contributed by atoms with Gasteiger partial charge in [0, 0.05) is 25.7 Å². The van der Waals surface area contributed by atoms with E-state index in [9.17, 15) is 43.2 Å². The molecule has 3 N–H and O–H groups in total. The average molecular weight is 1340 g/mol. The van der Waals surface area contributed by atoms with E-state index in [1.165, 1.54) is 154 Å². The number of rotatable bonds is 69. The number of hydrogen-bond donors (Lipinski definition) is 3. The number of esters is 4. The molecule has 0 fully saturated rings. The Morgan fingerprint density at radius 1 is 0.308 bits per heavy atom. The van der Waals surface area contributed by atoms with Crippen LogP contribution in [0.25, 0.3) is 0 Å². The van der Waals surface area contributed by atoms with Gasteiger partial charge in [0.05, 0.1) is 26.4 Å². The van der Waals surface area contributed by atoms with Crippen molar-refractivity contribution in [2.24, 2.45) is 23.7 Å². The fourth-order valence-corrected chi connectivity index (χ4v) is 12.4. The molecular formula is C72H140O17P2. The average Bonchev–Trinajstić information content (AvgIpc) is 3.65. The molecule has 6 atom stereocenters. The number of phosphoric ester groups is 2. The predicted octanol–water partition coefficient (Wildman–Crippen LogP) is 20.5. The van der Waals surface area contributed by atoms with E-state index in [-0.39, 0.29) is 25.7 Å².